The highest BCUT2D eigenvalue weighted by atomic mass is 13.7. The molecule has 0 aromatic carbocycles. The van der Waals surface area contributed by atoms with Crippen LogP contribution in [0.3, 0.4) is 0 Å². The van der Waals surface area contributed by atoms with E-state index in [1.165, 1.54) is 25.7 Å². The number of unbranched alkanes of at least 4 members (excludes halogenated alkanes) is 4. The van der Waals surface area contributed by atoms with E-state index < -0.39 is 0 Å². The van der Waals surface area contributed by atoms with E-state index in [-0.39, 0.29) is 0 Å². The quantitative estimate of drug-likeness (QED) is 0.410. The van der Waals surface area contributed by atoms with Gasteiger partial charge in [0.15, 0.2) is 0 Å². The average molecular weight is 210 g/mol. The summed E-state index contributed by atoms with van der Waals surface area (Å²) in [5.74, 6) is 2.52. The lowest BCUT2D eigenvalue weighted by atomic mass is 10.3. The zero-order valence-corrected chi connectivity index (χ0v) is 11.3. The molecule has 0 atom stereocenters. The van der Waals surface area contributed by atoms with Gasteiger partial charge in [0.05, 0.1) is 0 Å². The Morgan fingerprint density at radius 3 is 1.53 bits per heavy atom. The van der Waals surface area contributed by atoms with Gasteiger partial charge in [0.1, 0.15) is 0 Å². The smallest absolute Gasteiger partial charge is 0.00834 e. The molecule has 0 amide bonds. The minimum Gasteiger partial charge on any atom is -0.120 e. The number of allylic oxidation sites excluding steroid dienone is 1. The fraction of sp³-hybridized carbons (Fsp3) is 0.733. The second kappa shape index (κ2) is 29.2. The van der Waals surface area contributed by atoms with Crippen molar-refractivity contribution in [2.45, 2.75) is 72.6 Å². The molecule has 0 spiro atoms. The van der Waals surface area contributed by atoms with Crippen molar-refractivity contribution < 1.29 is 0 Å². The van der Waals surface area contributed by atoms with Crippen molar-refractivity contribution in [1.29, 1.82) is 0 Å². The highest BCUT2D eigenvalue weighted by Gasteiger charge is 1.68. The maximum absolute atomic E-state index is 4.89. The predicted molar refractivity (Wildman–Crippen MR) is 74.0 cm³/mol. The molecule has 0 saturated heterocycles. The summed E-state index contributed by atoms with van der Waals surface area (Å²) in [4.78, 5) is 0. The molecule has 0 aromatic heterocycles. The van der Waals surface area contributed by atoms with Gasteiger partial charge in [0, 0.05) is 6.42 Å². The Morgan fingerprint density at radius 2 is 1.53 bits per heavy atom. The number of terminal acetylenes is 1. The molecule has 0 aliphatic heterocycles. The van der Waals surface area contributed by atoms with Crippen LogP contribution in [0, 0.1) is 12.3 Å². The molecule has 0 N–H and O–H groups in total. The summed E-state index contributed by atoms with van der Waals surface area (Å²) >= 11 is 0. The molecule has 0 saturated carbocycles. The Labute approximate surface area is 98.2 Å². The van der Waals surface area contributed by atoms with E-state index in [9.17, 15) is 0 Å². The molecule has 0 aliphatic carbocycles. The highest BCUT2D eigenvalue weighted by Crippen LogP contribution is 1.88. The molecule has 0 heterocycles. The van der Waals surface area contributed by atoms with E-state index in [1.54, 1.807) is 0 Å². The molecule has 0 bridgehead atoms. The lowest BCUT2D eigenvalue weighted by molar-refractivity contribution is 0.772. The van der Waals surface area contributed by atoms with Crippen LogP contribution in [0.4, 0.5) is 0 Å². The third-order valence-electron chi connectivity index (χ3n) is 1.59. The van der Waals surface area contributed by atoms with Crippen molar-refractivity contribution in [1.82, 2.24) is 0 Å². The zero-order valence-electron chi connectivity index (χ0n) is 11.3. The third-order valence-corrected chi connectivity index (χ3v) is 1.59. The zero-order chi connectivity index (χ0) is 12.4. The van der Waals surface area contributed by atoms with Crippen molar-refractivity contribution in [2.24, 2.45) is 0 Å². The van der Waals surface area contributed by atoms with E-state index in [4.69, 9.17) is 6.42 Å². The molecule has 0 heteroatoms. The van der Waals surface area contributed by atoms with Crippen LogP contribution in [-0.4, -0.2) is 0 Å². The fourth-order valence-corrected chi connectivity index (χ4v) is 0.702. The Hall–Kier alpha value is -0.700. The molecule has 0 aromatic rings. The van der Waals surface area contributed by atoms with Gasteiger partial charge in [-0.1, -0.05) is 59.5 Å². The molecule has 0 aliphatic rings. The fourth-order valence-electron chi connectivity index (χ4n) is 0.702. The van der Waals surface area contributed by atoms with Gasteiger partial charge in [0.25, 0.3) is 0 Å². The van der Waals surface area contributed by atoms with Crippen molar-refractivity contribution >= 4 is 0 Å². The maximum atomic E-state index is 4.89. The summed E-state index contributed by atoms with van der Waals surface area (Å²) in [6.45, 7) is 12.2. The van der Waals surface area contributed by atoms with Gasteiger partial charge in [0.2, 0.25) is 0 Å². The first-order valence-electron chi connectivity index (χ1n) is 6.29. The van der Waals surface area contributed by atoms with Gasteiger partial charge in [-0.2, -0.15) is 0 Å². The third kappa shape index (κ3) is 60.5. The first kappa shape index (κ1) is 19.8. The minimum atomic E-state index is 0.917. The minimum absolute atomic E-state index is 0.917. The molecule has 0 unspecified atom stereocenters. The Kier molecular flexibility index (Phi) is 38.6. The van der Waals surface area contributed by atoms with Crippen LogP contribution >= 0.6 is 0 Å². The summed E-state index contributed by atoms with van der Waals surface area (Å²) < 4.78 is 0. The largest absolute Gasteiger partial charge is 0.120 e. The van der Waals surface area contributed by atoms with Crippen LogP contribution in [0.2, 0.25) is 0 Å². The summed E-state index contributed by atoms with van der Waals surface area (Å²) in [6, 6.07) is 0. The van der Waals surface area contributed by atoms with Gasteiger partial charge < -0.3 is 0 Å². The van der Waals surface area contributed by atoms with Gasteiger partial charge in [-0.25, -0.2) is 0 Å². The number of rotatable bonds is 5. The second-order valence-corrected chi connectivity index (χ2v) is 3.39. The highest BCUT2D eigenvalue weighted by molar-refractivity contribution is 4.81. The molecule has 0 rings (SSSR count). The van der Waals surface area contributed by atoms with Crippen molar-refractivity contribution in [2.75, 3.05) is 0 Å². The van der Waals surface area contributed by atoms with Crippen LogP contribution in [0.1, 0.15) is 72.6 Å². The van der Waals surface area contributed by atoms with Crippen molar-refractivity contribution in [3.8, 4) is 12.3 Å². The van der Waals surface area contributed by atoms with E-state index in [0.717, 1.165) is 19.3 Å². The number of hydrogen-bond acceptors (Lipinski definition) is 0. The summed E-state index contributed by atoms with van der Waals surface area (Å²) in [5, 5.41) is 0. The predicted octanol–water partition coefficient (Wildman–Crippen LogP) is 5.59. The summed E-state index contributed by atoms with van der Waals surface area (Å²) in [7, 11) is 0. The number of hydrogen-bond donors (Lipinski definition) is 0. The van der Waals surface area contributed by atoms with E-state index in [2.05, 4.69) is 40.2 Å². The SMILES string of the molecule is C#CCCC.C=CCCC.CCCCC. The molecular formula is C15H30. The lowest BCUT2D eigenvalue weighted by Crippen LogP contribution is -1.59. The monoisotopic (exact) mass is 210 g/mol. The van der Waals surface area contributed by atoms with Crippen molar-refractivity contribution in [3.63, 3.8) is 0 Å². The average Bonchev–Trinajstić information content (AvgIpc) is 2.23. The van der Waals surface area contributed by atoms with Gasteiger partial charge >= 0.3 is 0 Å². The first-order valence-corrected chi connectivity index (χ1v) is 6.29. The maximum Gasteiger partial charge on any atom is 0.00834 e. The van der Waals surface area contributed by atoms with Crippen LogP contribution in [-0.2, 0) is 0 Å². The first-order chi connectivity index (χ1) is 7.24. The van der Waals surface area contributed by atoms with E-state index >= 15 is 0 Å². The van der Waals surface area contributed by atoms with Crippen molar-refractivity contribution in [3.05, 3.63) is 12.7 Å². The normalized spacial score (nSPS) is 7.40. The van der Waals surface area contributed by atoms with Crippen LogP contribution in [0.25, 0.3) is 0 Å². The van der Waals surface area contributed by atoms with Gasteiger partial charge in [-0.05, 0) is 12.8 Å². The van der Waals surface area contributed by atoms with E-state index in [0.29, 0.717) is 0 Å². The van der Waals surface area contributed by atoms with E-state index in [1.807, 2.05) is 6.08 Å². The topological polar surface area (TPSA) is 0 Å². The Balaban J connectivity index is -0.000000144. The Morgan fingerprint density at radius 1 is 1.00 bits per heavy atom. The van der Waals surface area contributed by atoms with Crippen LogP contribution < -0.4 is 0 Å². The van der Waals surface area contributed by atoms with Crippen LogP contribution in [0.15, 0.2) is 12.7 Å². The van der Waals surface area contributed by atoms with Gasteiger partial charge in [-0.3, -0.25) is 0 Å². The molecule has 0 nitrogen and oxygen atoms in total. The van der Waals surface area contributed by atoms with Crippen LogP contribution in [0.5, 0.6) is 0 Å². The Bertz CT molecular complexity index is 114. The lowest BCUT2D eigenvalue weighted by Gasteiger charge is -1.79. The molecule has 90 valence electrons. The molecule has 0 fully saturated rings. The standard InChI is InChI=1S/C5H12.C5H10.C5H8/c3*1-3-5-4-2/h3-5H2,1-2H3;3H,1,4-5H2,2H3;1H,4-5H2,2H3. The second-order valence-electron chi connectivity index (χ2n) is 3.39. The molecule has 0 radical (unpaired) electrons. The van der Waals surface area contributed by atoms with Gasteiger partial charge in [-0.15, -0.1) is 18.9 Å². The molecular weight excluding hydrogens is 180 g/mol. The molecule has 15 heavy (non-hydrogen) atoms. The summed E-state index contributed by atoms with van der Waals surface area (Å²) in [6.07, 6.45) is 15.3. The summed E-state index contributed by atoms with van der Waals surface area (Å²) in [5.41, 5.74) is 0.